The molecule has 5 heteroatoms. The molecule has 1 aliphatic rings. The highest BCUT2D eigenvalue weighted by molar-refractivity contribution is 5.25. The summed E-state index contributed by atoms with van der Waals surface area (Å²) >= 11 is 0. The molecule has 1 aromatic rings. The van der Waals surface area contributed by atoms with Crippen LogP contribution in [0.5, 0.6) is 0 Å². The summed E-state index contributed by atoms with van der Waals surface area (Å²) in [5.74, 6) is 0.664. The fraction of sp³-hybridized carbons (Fsp3) is 0.818. The average molecular weight is 224 g/mol. The first-order valence-electron chi connectivity index (χ1n) is 5.87. The van der Waals surface area contributed by atoms with Gasteiger partial charge in [-0.15, -0.1) is 5.10 Å². The van der Waals surface area contributed by atoms with Gasteiger partial charge in [0.25, 0.3) is 0 Å². The Hall–Kier alpha value is -1.10. The van der Waals surface area contributed by atoms with Crippen LogP contribution in [0.15, 0.2) is 4.42 Å². The van der Waals surface area contributed by atoms with Gasteiger partial charge in [0, 0.05) is 18.6 Å². The van der Waals surface area contributed by atoms with Crippen molar-refractivity contribution in [3.05, 3.63) is 5.89 Å². The monoisotopic (exact) mass is 224 g/mol. The van der Waals surface area contributed by atoms with E-state index in [-0.39, 0.29) is 5.54 Å². The van der Waals surface area contributed by atoms with Crippen LogP contribution in [0, 0.1) is 0 Å². The third-order valence-corrected chi connectivity index (χ3v) is 2.60. The molecule has 0 saturated carbocycles. The molecule has 0 bridgehead atoms. The van der Waals surface area contributed by atoms with Crippen LogP contribution in [0.25, 0.3) is 0 Å². The maximum absolute atomic E-state index is 5.60. The lowest BCUT2D eigenvalue weighted by molar-refractivity contribution is 0.381. The molecular weight excluding hydrogens is 204 g/mol. The summed E-state index contributed by atoms with van der Waals surface area (Å²) in [7, 11) is 0. The summed E-state index contributed by atoms with van der Waals surface area (Å²) in [6.07, 6.45) is 2.44. The standard InChI is InChI=1S/C11H20N4O/c1-11(2,3)12-8-9-13-14-10(16-9)15-6-4-5-7-15/h12H,4-8H2,1-3H3. The molecule has 5 nitrogen and oxygen atoms in total. The van der Waals surface area contributed by atoms with Gasteiger partial charge in [-0.2, -0.15) is 0 Å². The quantitative estimate of drug-likeness (QED) is 0.844. The summed E-state index contributed by atoms with van der Waals surface area (Å²) in [4.78, 5) is 2.15. The molecule has 1 aromatic heterocycles. The van der Waals surface area contributed by atoms with Gasteiger partial charge in [0.1, 0.15) is 0 Å². The van der Waals surface area contributed by atoms with Crippen LogP contribution in [0.4, 0.5) is 6.01 Å². The molecule has 1 aliphatic heterocycles. The second-order valence-corrected chi connectivity index (χ2v) is 5.28. The Balaban J connectivity index is 1.91. The molecule has 2 heterocycles. The molecule has 0 spiro atoms. The molecule has 1 fully saturated rings. The van der Waals surface area contributed by atoms with Gasteiger partial charge in [0.2, 0.25) is 5.89 Å². The zero-order chi connectivity index (χ0) is 11.6. The first kappa shape index (κ1) is 11.4. The molecule has 2 rings (SSSR count). The van der Waals surface area contributed by atoms with Crippen molar-refractivity contribution in [1.82, 2.24) is 15.5 Å². The Morgan fingerprint density at radius 2 is 1.94 bits per heavy atom. The van der Waals surface area contributed by atoms with E-state index in [2.05, 4.69) is 41.2 Å². The topological polar surface area (TPSA) is 54.2 Å². The van der Waals surface area contributed by atoms with Gasteiger partial charge in [-0.25, -0.2) is 0 Å². The maximum Gasteiger partial charge on any atom is 0.318 e. The molecule has 0 amide bonds. The summed E-state index contributed by atoms with van der Waals surface area (Å²) in [6.45, 7) is 9.05. The Morgan fingerprint density at radius 1 is 1.25 bits per heavy atom. The van der Waals surface area contributed by atoms with E-state index in [0.29, 0.717) is 18.5 Å². The van der Waals surface area contributed by atoms with Crippen molar-refractivity contribution in [1.29, 1.82) is 0 Å². The molecule has 90 valence electrons. The van der Waals surface area contributed by atoms with Crippen molar-refractivity contribution in [2.24, 2.45) is 0 Å². The largest absolute Gasteiger partial charge is 0.407 e. The minimum absolute atomic E-state index is 0.0717. The Morgan fingerprint density at radius 3 is 2.56 bits per heavy atom. The van der Waals surface area contributed by atoms with Gasteiger partial charge in [0.05, 0.1) is 6.54 Å². The number of nitrogens with zero attached hydrogens (tertiary/aromatic N) is 3. The van der Waals surface area contributed by atoms with Crippen LogP contribution in [0.2, 0.25) is 0 Å². The molecule has 1 saturated heterocycles. The van der Waals surface area contributed by atoms with Crippen LogP contribution in [-0.4, -0.2) is 28.8 Å². The lowest BCUT2D eigenvalue weighted by Crippen LogP contribution is -2.35. The minimum atomic E-state index is 0.0717. The Bertz CT molecular complexity index is 336. The number of nitrogens with one attached hydrogen (secondary N) is 1. The van der Waals surface area contributed by atoms with Crippen molar-refractivity contribution in [3.8, 4) is 0 Å². The molecule has 0 atom stereocenters. The van der Waals surface area contributed by atoms with Crippen molar-refractivity contribution in [2.45, 2.75) is 45.7 Å². The van der Waals surface area contributed by atoms with Crippen molar-refractivity contribution in [3.63, 3.8) is 0 Å². The average Bonchev–Trinajstić information content (AvgIpc) is 2.84. The first-order valence-corrected chi connectivity index (χ1v) is 5.87. The molecule has 0 aliphatic carbocycles. The minimum Gasteiger partial charge on any atom is -0.407 e. The zero-order valence-corrected chi connectivity index (χ0v) is 10.3. The van der Waals surface area contributed by atoms with E-state index >= 15 is 0 Å². The molecule has 0 unspecified atom stereocenters. The number of aromatic nitrogens is 2. The number of hydrogen-bond donors (Lipinski definition) is 1. The van der Waals surface area contributed by atoms with E-state index in [1.807, 2.05) is 0 Å². The SMILES string of the molecule is CC(C)(C)NCc1nnc(N2CCCC2)o1. The lowest BCUT2D eigenvalue weighted by atomic mass is 10.1. The first-order chi connectivity index (χ1) is 7.54. The van der Waals surface area contributed by atoms with Gasteiger partial charge in [-0.1, -0.05) is 5.10 Å². The Labute approximate surface area is 96.2 Å². The highest BCUT2D eigenvalue weighted by Gasteiger charge is 2.18. The number of rotatable bonds is 3. The molecular formula is C11H20N4O. The summed E-state index contributed by atoms with van der Waals surface area (Å²) in [5, 5.41) is 11.4. The van der Waals surface area contributed by atoms with Crippen LogP contribution in [-0.2, 0) is 6.54 Å². The van der Waals surface area contributed by atoms with E-state index in [9.17, 15) is 0 Å². The van der Waals surface area contributed by atoms with Gasteiger partial charge < -0.3 is 14.6 Å². The van der Waals surface area contributed by atoms with Crippen LogP contribution in [0.3, 0.4) is 0 Å². The molecule has 16 heavy (non-hydrogen) atoms. The van der Waals surface area contributed by atoms with E-state index in [1.54, 1.807) is 0 Å². The third kappa shape index (κ3) is 2.95. The van der Waals surface area contributed by atoms with Crippen molar-refractivity contribution < 1.29 is 4.42 Å². The predicted molar refractivity (Wildman–Crippen MR) is 62.3 cm³/mol. The summed E-state index contributed by atoms with van der Waals surface area (Å²) < 4.78 is 5.60. The second kappa shape index (κ2) is 4.41. The van der Waals surface area contributed by atoms with Crippen molar-refractivity contribution in [2.75, 3.05) is 18.0 Å². The number of anilines is 1. The van der Waals surface area contributed by atoms with Gasteiger partial charge in [-0.3, -0.25) is 0 Å². The summed E-state index contributed by atoms with van der Waals surface area (Å²) in [5.41, 5.74) is 0.0717. The fourth-order valence-corrected chi connectivity index (χ4v) is 1.69. The predicted octanol–water partition coefficient (Wildman–Crippen LogP) is 1.56. The van der Waals surface area contributed by atoms with Gasteiger partial charge in [-0.05, 0) is 33.6 Å². The zero-order valence-electron chi connectivity index (χ0n) is 10.3. The van der Waals surface area contributed by atoms with E-state index in [1.165, 1.54) is 12.8 Å². The summed E-state index contributed by atoms with van der Waals surface area (Å²) in [6, 6.07) is 0.670. The smallest absolute Gasteiger partial charge is 0.318 e. The van der Waals surface area contributed by atoms with Crippen LogP contribution in [0.1, 0.15) is 39.5 Å². The maximum atomic E-state index is 5.60. The molecule has 0 aromatic carbocycles. The Kier molecular flexibility index (Phi) is 3.14. The van der Waals surface area contributed by atoms with Crippen LogP contribution >= 0.6 is 0 Å². The fourth-order valence-electron chi connectivity index (χ4n) is 1.69. The van der Waals surface area contributed by atoms with E-state index < -0.39 is 0 Å². The lowest BCUT2D eigenvalue weighted by Gasteiger charge is -2.18. The highest BCUT2D eigenvalue weighted by Crippen LogP contribution is 2.18. The van der Waals surface area contributed by atoms with E-state index in [0.717, 1.165) is 13.1 Å². The third-order valence-electron chi connectivity index (χ3n) is 2.60. The van der Waals surface area contributed by atoms with Crippen LogP contribution < -0.4 is 10.2 Å². The van der Waals surface area contributed by atoms with E-state index in [4.69, 9.17) is 4.42 Å². The molecule has 0 radical (unpaired) electrons. The van der Waals surface area contributed by atoms with Gasteiger partial charge in [0.15, 0.2) is 0 Å². The molecule has 1 N–H and O–H groups in total. The van der Waals surface area contributed by atoms with Gasteiger partial charge >= 0.3 is 6.01 Å². The van der Waals surface area contributed by atoms with Crippen molar-refractivity contribution >= 4 is 6.01 Å². The second-order valence-electron chi connectivity index (χ2n) is 5.28. The highest BCUT2D eigenvalue weighted by atomic mass is 16.4. The number of hydrogen-bond acceptors (Lipinski definition) is 5. The normalized spacial score (nSPS) is 17.1.